The maximum atomic E-state index is 12.7. The van der Waals surface area contributed by atoms with Crippen molar-refractivity contribution < 1.29 is 32.9 Å². The summed E-state index contributed by atoms with van der Waals surface area (Å²) in [5.41, 5.74) is 0. The molecule has 3 N–H and O–H groups in total. The zero-order valence-corrected chi connectivity index (χ0v) is 31.8. The highest BCUT2D eigenvalue weighted by Gasteiger charge is 2.28. The number of quaternary nitrogens is 1. The molecule has 0 fully saturated rings. The van der Waals surface area contributed by atoms with Crippen LogP contribution in [0.1, 0.15) is 117 Å². The van der Waals surface area contributed by atoms with Crippen LogP contribution in [0.3, 0.4) is 0 Å². The number of unbranched alkanes of at least 4 members (excludes halogenated alkanes) is 6. The monoisotopic (exact) mass is 693 g/mol. The quantitative estimate of drug-likeness (QED) is 0.0289. The van der Waals surface area contributed by atoms with Gasteiger partial charge in [-0.2, -0.15) is 0 Å². The average Bonchev–Trinajstić information content (AvgIpc) is 3.02. The lowest BCUT2D eigenvalue weighted by molar-refractivity contribution is -0.870. The summed E-state index contributed by atoms with van der Waals surface area (Å²) in [6.07, 6.45) is 39.7. The SMILES string of the molecule is CC/C=C\C/C=C\C/C=C\C/C=C\C/C=C\C/C=C\CCCCC(=O)NC(COP(=O)(O)OCC[N+](C)(C)C)C(O)CCCCCCC. The van der Waals surface area contributed by atoms with E-state index in [9.17, 15) is 19.4 Å². The number of amides is 1. The summed E-state index contributed by atoms with van der Waals surface area (Å²) < 4.78 is 23.3. The van der Waals surface area contributed by atoms with E-state index >= 15 is 0 Å². The molecule has 0 saturated carbocycles. The van der Waals surface area contributed by atoms with Gasteiger partial charge in [0.15, 0.2) is 0 Å². The van der Waals surface area contributed by atoms with Gasteiger partial charge in [-0.15, -0.1) is 0 Å². The van der Waals surface area contributed by atoms with Gasteiger partial charge < -0.3 is 19.8 Å². The number of hydrogen-bond donors (Lipinski definition) is 3. The van der Waals surface area contributed by atoms with Crippen LogP contribution in [0, 0.1) is 0 Å². The molecule has 8 nitrogen and oxygen atoms in total. The Bertz CT molecular complexity index is 1010. The number of phosphoric acid groups is 1. The number of rotatable bonds is 31. The van der Waals surface area contributed by atoms with E-state index in [1.54, 1.807) is 0 Å². The van der Waals surface area contributed by atoms with Gasteiger partial charge in [0, 0.05) is 6.42 Å². The van der Waals surface area contributed by atoms with Gasteiger partial charge in [-0.1, -0.05) is 119 Å². The zero-order chi connectivity index (χ0) is 35.8. The Morgan fingerprint density at radius 2 is 1.25 bits per heavy atom. The molecule has 0 heterocycles. The minimum atomic E-state index is -4.31. The van der Waals surface area contributed by atoms with E-state index in [-0.39, 0.29) is 19.1 Å². The molecule has 0 aromatic carbocycles. The van der Waals surface area contributed by atoms with Gasteiger partial charge in [0.1, 0.15) is 13.2 Å². The smallest absolute Gasteiger partial charge is 0.391 e. The van der Waals surface area contributed by atoms with Gasteiger partial charge in [0.05, 0.1) is 39.9 Å². The van der Waals surface area contributed by atoms with Crippen molar-refractivity contribution in [3.05, 3.63) is 72.9 Å². The first kappa shape index (κ1) is 45.9. The Hall–Kier alpha value is -2.06. The molecule has 0 radical (unpaired) electrons. The summed E-state index contributed by atoms with van der Waals surface area (Å²) >= 11 is 0. The van der Waals surface area contributed by atoms with Crippen LogP contribution in [0.2, 0.25) is 0 Å². The van der Waals surface area contributed by atoms with Crippen molar-refractivity contribution in [2.45, 2.75) is 129 Å². The summed E-state index contributed by atoms with van der Waals surface area (Å²) in [6, 6.07) is -0.783. The molecule has 0 aliphatic heterocycles. The highest BCUT2D eigenvalue weighted by atomic mass is 31.2. The first-order valence-electron chi connectivity index (χ1n) is 18.3. The van der Waals surface area contributed by atoms with Crippen molar-refractivity contribution >= 4 is 13.7 Å². The summed E-state index contributed by atoms with van der Waals surface area (Å²) in [5.74, 6) is -0.199. The number of phosphoric ester groups is 1. The largest absolute Gasteiger partial charge is 0.472 e. The number of hydrogen-bond acceptors (Lipinski definition) is 5. The molecular weight excluding hydrogens is 623 g/mol. The van der Waals surface area contributed by atoms with Gasteiger partial charge in [0.25, 0.3) is 0 Å². The number of nitrogens with one attached hydrogen (secondary N) is 1. The number of aliphatic hydroxyl groups excluding tert-OH is 1. The van der Waals surface area contributed by atoms with Gasteiger partial charge >= 0.3 is 7.82 Å². The van der Waals surface area contributed by atoms with Crippen molar-refractivity contribution in [2.75, 3.05) is 40.9 Å². The van der Waals surface area contributed by atoms with E-state index in [1.165, 1.54) is 0 Å². The molecule has 0 aromatic heterocycles. The Balaban J connectivity index is 4.37. The van der Waals surface area contributed by atoms with Gasteiger partial charge in [-0.3, -0.25) is 13.8 Å². The lowest BCUT2D eigenvalue weighted by atomic mass is 10.0. The number of aliphatic hydroxyl groups is 1. The van der Waals surface area contributed by atoms with E-state index in [1.807, 2.05) is 21.1 Å². The molecule has 9 heteroatoms. The predicted molar refractivity (Wildman–Crippen MR) is 203 cm³/mol. The Morgan fingerprint density at radius 3 is 1.77 bits per heavy atom. The topological polar surface area (TPSA) is 105 Å². The lowest BCUT2D eigenvalue weighted by Crippen LogP contribution is -2.46. The molecule has 0 aliphatic carbocycles. The fourth-order valence-electron chi connectivity index (χ4n) is 4.52. The molecular formula is C39H70N2O6P+. The molecule has 276 valence electrons. The van der Waals surface area contributed by atoms with Crippen molar-refractivity contribution in [1.82, 2.24) is 5.32 Å². The Labute approximate surface area is 294 Å². The third-order valence-electron chi connectivity index (χ3n) is 7.47. The highest BCUT2D eigenvalue weighted by molar-refractivity contribution is 7.47. The van der Waals surface area contributed by atoms with Crippen LogP contribution in [0.5, 0.6) is 0 Å². The van der Waals surface area contributed by atoms with Crippen LogP contribution in [0.25, 0.3) is 0 Å². The van der Waals surface area contributed by atoms with Gasteiger partial charge in [-0.25, -0.2) is 4.57 Å². The Kier molecular flexibility index (Phi) is 29.6. The second-order valence-electron chi connectivity index (χ2n) is 13.2. The van der Waals surface area contributed by atoms with Crippen LogP contribution in [0.4, 0.5) is 0 Å². The number of allylic oxidation sites excluding steroid dienone is 12. The minimum Gasteiger partial charge on any atom is -0.391 e. The van der Waals surface area contributed by atoms with Crippen LogP contribution in [-0.4, -0.2) is 73.4 Å². The summed E-state index contributed by atoms with van der Waals surface area (Å²) in [6.45, 7) is 4.60. The van der Waals surface area contributed by atoms with Gasteiger partial charge in [0.2, 0.25) is 5.91 Å². The third kappa shape index (κ3) is 32.5. The second-order valence-corrected chi connectivity index (χ2v) is 14.7. The van der Waals surface area contributed by atoms with E-state index < -0.39 is 20.0 Å². The van der Waals surface area contributed by atoms with Crippen molar-refractivity contribution in [3.8, 4) is 0 Å². The predicted octanol–water partition coefficient (Wildman–Crippen LogP) is 9.29. The molecule has 0 rings (SSSR count). The van der Waals surface area contributed by atoms with Crippen molar-refractivity contribution in [1.29, 1.82) is 0 Å². The number of nitrogens with zero attached hydrogens (tertiary/aromatic N) is 1. The van der Waals surface area contributed by atoms with Crippen LogP contribution >= 0.6 is 7.82 Å². The summed E-state index contributed by atoms with van der Waals surface area (Å²) in [4.78, 5) is 22.8. The third-order valence-corrected chi connectivity index (χ3v) is 8.45. The van der Waals surface area contributed by atoms with E-state index in [2.05, 4.69) is 92.1 Å². The van der Waals surface area contributed by atoms with Crippen LogP contribution in [-0.2, 0) is 18.4 Å². The minimum absolute atomic E-state index is 0.0606. The van der Waals surface area contributed by atoms with Crippen LogP contribution in [0.15, 0.2) is 72.9 Å². The molecule has 0 aromatic rings. The molecule has 48 heavy (non-hydrogen) atoms. The number of carbonyl (C=O) groups excluding carboxylic acids is 1. The highest BCUT2D eigenvalue weighted by Crippen LogP contribution is 2.43. The summed E-state index contributed by atoms with van der Waals surface area (Å²) in [5, 5.41) is 13.6. The molecule has 0 aliphatic rings. The second kappa shape index (κ2) is 31.0. The van der Waals surface area contributed by atoms with Gasteiger partial charge in [-0.05, 0) is 64.2 Å². The van der Waals surface area contributed by atoms with Crippen molar-refractivity contribution in [3.63, 3.8) is 0 Å². The lowest BCUT2D eigenvalue weighted by Gasteiger charge is -2.26. The van der Waals surface area contributed by atoms with E-state index in [0.717, 1.165) is 83.5 Å². The molecule has 0 spiro atoms. The fourth-order valence-corrected chi connectivity index (χ4v) is 5.25. The van der Waals surface area contributed by atoms with Crippen molar-refractivity contribution in [2.24, 2.45) is 0 Å². The Morgan fingerprint density at radius 1 is 0.729 bits per heavy atom. The van der Waals surface area contributed by atoms with E-state index in [4.69, 9.17) is 9.05 Å². The number of likely N-dealkylation sites (N-methyl/N-ethyl adjacent to an activating group) is 1. The molecule has 0 saturated heterocycles. The maximum Gasteiger partial charge on any atom is 0.472 e. The molecule has 3 unspecified atom stereocenters. The molecule has 3 atom stereocenters. The van der Waals surface area contributed by atoms with Crippen LogP contribution < -0.4 is 5.32 Å². The molecule has 0 bridgehead atoms. The summed E-state index contributed by atoms with van der Waals surface area (Å²) in [7, 11) is 1.56. The zero-order valence-electron chi connectivity index (χ0n) is 30.9. The van der Waals surface area contributed by atoms with E-state index in [0.29, 0.717) is 30.3 Å². The normalized spacial score (nSPS) is 15.6. The molecule has 1 amide bonds. The first-order chi connectivity index (χ1) is 23.0. The fraction of sp³-hybridized carbons (Fsp3) is 0.667. The average molecular weight is 694 g/mol. The first-order valence-corrected chi connectivity index (χ1v) is 19.8. The number of carbonyl (C=O) groups is 1. The standard InChI is InChI=1S/C39H69N2O6P/c1-6-8-10-12-13-14-15-16-17-18-19-20-21-22-23-24-25-26-27-29-31-33-39(43)40-37(38(42)32-30-28-11-9-7-2)36-47-48(44,45)46-35-34-41(3,4)5/h8,10,13-14,16-17,19-20,22-23,25-26,37-38,42H,6-7,9,11-12,15,18,21,24,27-36H2,1-5H3,(H-,40,43,44,45)/p+1/b10-8-,14-13-,17-16-,20-19-,23-22-,26-25-. The maximum absolute atomic E-state index is 12.7.